The molecule has 2 saturated heterocycles. The molecule has 3 aliphatic rings. The van der Waals surface area contributed by atoms with Gasteiger partial charge in [-0.25, -0.2) is 0 Å². The summed E-state index contributed by atoms with van der Waals surface area (Å²) in [5.74, 6) is 0. The molecule has 0 aromatic carbocycles. The molecule has 1 aliphatic carbocycles. The summed E-state index contributed by atoms with van der Waals surface area (Å²) in [6.45, 7) is 0. The van der Waals surface area contributed by atoms with Crippen LogP contribution in [0.2, 0.25) is 0 Å². The maximum atomic E-state index is 5.40. The van der Waals surface area contributed by atoms with E-state index in [0.717, 1.165) is 24.2 Å². The molecule has 3 nitrogen and oxygen atoms in total. The molecular formula is C13H24N2O. The zero-order valence-electron chi connectivity index (χ0n) is 10.5. The van der Waals surface area contributed by atoms with Gasteiger partial charge in [0.05, 0.1) is 6.10 Å². The van der Waals surface area contributed by atoms with Crippen LogP contribution in [0.1, 0.15) is 38.5 Å². The minimum Gasteiger partial charge on any atom is -0.381 e. The second-order valence-corrected chi connectivity index (χ2v) is 5.77. The number of piperidine rings is 1. The Morgan fingerprint density at radius 2 is 1.62 bits per heavy atom. The van der Waals surface area contributed by atoms with E-state index < -0.39 is 0 Å². The van der Waals surface area contributed by atoms with Crippen molar-refractivity contribution in [2.24, 2.45) is 0 Å². The van der Waals surface area contributed by atoms with Crippen LogP contribution in [0, 0.1) is 0 Å². The lowest BCUT2D eigenvalue weighted by Crippen LogP contribution is -2.57. The molecule has 16 heavy (non-hydrogen) atoms. The highest BCUT2D eigenvalue weighted by Crippen LogP contribution is 2.42. The van der Waals surface area contributed by atoms with Gasteiger partial charge in [-0.15, -0.1) is 0 Å². The van der Waals surface area contributed by atoms with Crippen molar-refractivity contribution in [3.05, 3.63) is 0 Å². The van der Waals surface area contributed by atoms with Gasteiger partial charge in [-0.1, -0.05) is 0 Å². The van der Waals surface area contributed by atoms with Crippen LogP contribution in [0.5, 0.6) is 0 Å². The molecule has 0 amide bonds. The average Bonchev–Trinajstić information content (AvgIpc) is 2.49. The molecule has 0 spiro atoms. The molecule has 0 radical (unpaired) electrons. The Labute approximate surface area is 98.5 Å². The van der Waals surface area contributed by atoms with E-state index in [1.54, 1.807) is 0 Å². The highest BCUT2D eigenvalue weighted by Gasteiger charge is 2.47. The highest BCUT2D eigenvalue weighted by atomic mass is 16.5. The summed E-state index contributed by atoms with van der Waals surface area (Å²) < 4.78 is 5.40. The maximum Gasteiger partial charge on any atom is 0.0601 e. The quantitative estimate of drug-likeness (QED) is 0.784. The molecule has 2 heterocycles. The van der Waals surface area contributed by atoms with E-state index >= 15 is 0 Å². The minimum absolute atomic E-state index is 0.548. The summed E-state index contributed by atoms with van der Waals surface area (Å²) >= 11 is 0. The maximum absolute atomic E-state index is 5.40. The van der Waals surface area contributed by atoms with Gasteiger partial charge in [-0.05, 0) is 45.6 Å². The van der Waals surface area contributed by atoms with Crippen LogP contribution in [0.4, 0.5) is 0 Å². The second kappa shape index (κ2) is 4.28. The number of hydrogen-bond donors (Lipinski definition) is 1. The predicted molar refractivity (Wildman–Crippen MR) is 64.5 cm³/mol. The standard InChI is InChI=1S/C13H24N2O/c1-14-9-5-10-3-4-11(6-9)15(10)12-7-13(8-12)16-2/h9-14H,3-8H2,1-2H3. The number of nitrogens with one attached hydrogen (secondary N) is 1. The Bertz CT molecular complexity index is 238. The number of ether oxygens (including phenoxy) is 1. The van der Waals surface area contributed by atoms with Crippen molar-refractivity contribution in [2.45, 2.75) is 68.8 Å². The van der Waals surface area contributed by atoms with Crippen LogP contribution in [-0.2, 0) is 4.74 Å². The highest BCUT2D eigenvalue weighted by molar-refractivity contribution is 5.03. The molecule has 92 valence electrons. The summed E-state index contributed by atoms with van der Waals surface area (Å²) in [6.07, 6.45) is 8.67. The third kappa shape index (κ3) is 1.69. The normalized spacial score (nSPS) is 48.0. The van der Waals surface area contributed by atoms with Gasteiger partial charge in [0.25, 0.3) is 0 Å². The Hall–Kier alpha value is -0.120. The van der Waals surface area contributed by atoms with Crippen LogP contribution < -0.4 is 5.32 Å². The fraction of sp³-hybridized carbons (Fsp3) is 1.00. The minimum atomic E-state index is 0.548. The van der Waals surface area contributed by atoms with Gasteiger partial charge in [0.2, 0.25) is 0 Å². The van der Waals surface area contributed by atoms with Crippen LogP contribution >= 0.6 is 0 Å². The van der Waals surface area contributed by atoms with Crippen molar-refractivity contribution in [3.8, 4) is 0 Å². The number of rotatable bonds is 3. The summed E-state index contributed by atoms with van der Waals surface area (Å²) in [4.78, 5) is 2.84. The van der Waals surface area contributed by atoms with E-state index in [1.807, 2.05) is 7.11 Å². The largest absolute Gasteiger partial charge is 0.381 e. The molecule has 0 aromatic heterocycles. The molecule has 2 bridgehead atoms. The van der Waals surface area contributed by atoms with Crippen LogP contribution in [0.15, 0.2) is 0 Å². The molecule has 2 atom stereocenters. The molecule has 3 rings (SSSR count). The lowest BCUT2D eigenvalue weighted by atomic mass is 9.84. The fourth-order valence-electron chi connectivity index (χ4n) is 4.02. The lowest BCUT2D eigenvalue weighted by molar-refractivity contribution is -0.0559. The summed E-state index contributed by atoms with van der Waals surface area (Å²) in [7, 11) is 3.97. The molecule has 2 aliphatic heterocycles. The zero-order valence-corrected chi connectivity index (χ0v) is 10.5. The summed E-state index contributed by atoms with van der Waals surface area (Å²) in [6, 6.07) is 3.32. The Morgan fingerprint density at radius 1 is 1.00 bits per heavy atom. The van der Waals surface area contributed by atoms with Crippen molar-refractivity contribution in [1.29, 1.82) is 0 Å². The first-order valence-corrected chi connectivity index (χ1v) is 6.79. The Morgan fingerprint density at radius 3 is 2.12 bits per heavy atom. The van der Waals surface area contributed by atoms with Gasteiger partial charge in [0.15, 0.2) is 0 Å². The van der Waals surface area contributed by atoms with E-state index in [4.69, 9.17) is 4.74 Å². The van der Waals surface area contributed by atoms with E-state index in [-0.39, 0.29) is 0 Å². The summed E-state index contributed by atoms with van der Waals surface area (Å²) in [5.41, 5.74) is 0. The Balaban J connectivity index is 1.61. The molecule has 1 N–H and O–H groups in total. The monoisotopic (exact) mass is 224 g/mol. The SMILES string of the molecule is CNC1CC2CCC(C1)N2C1CC(OC)C1. The second-order valence-electron chi connectivity index (χ2n) is 5.77. The molecule has 2 unspecified atom stereocenters. The molecule has 3 fully saturated rings. The van der Waals surface area contributed by atoms with E-state index in [9.17, 15) is 0 Å². The van der Waals surface area contributed by atoms with Gasteiger partial charge < -0.3 is 10.1 Å². The van der Waals surface area contributed by atoms with Crippen molar-refractivity contribution in [1.82, 2.24) is 10.2 Å². The van der Waals surface area contributed by atoms with E-state index in [1.165, 1.54) is 38.5 Å². The fourth-order valence-corrected chi connectivity index (χ4v) is 4.02. The molecule has 1 saturated carbocycles. The smallest absolute Gasteiger partial charge is 0.0601 e. The van der Waals surface area contributed by atoms with Crippen molar-refractivity contribution in [2.75, 3.05) is 14.2 Å². The van der Waals surface area contributed by atoms with Crippen molar-refractivity contribution >= 4 is 0 Å². The zero-order chi connectivity index (χ0) is 11.1. The number of fused-ring (bicyclic) bond motifs is 2. The van der Waals surface area contributed by atoms with E-state index in [0.29, 0.717) is 6.10 Å². The number of nitrogens with zero attached hydrogens (tertiary/aromatic N) is 1. The van der Waals surface area contributed by atoms with Gasteiger partial charge >= 0.3 is 0 Å². The topological polar surface area (TPSA) is 24.5 Å². The number of methoxy groups -OCH3 is 1. The first kappa shape index (κ1) is 11.0. The van der Waals surface area contributed by atoms with Gasteiger partial charge in [0, 0.05) is 31.3 Å². The first-order chi connectivity index (χ1) is 7.81. The first-order valence-electron chi connectivity index (χ1n) is 6.79. The third-order valence-corrected chi connectivity index (χ3v) is 5.02. The van der Waals surface area contributed by atoms with Crippen LogP contribution in [0.3, 0.4) is 0 Å². The average molecular weight is 224 g/mol. The molecule has 0 aromatic rings. The number of hydrogen-bond acceptors (Lipinski definition) is 3. The van der Waals surface area contributed by atoms with E-state index in [2.05, 4.69) is 17.3 Å². The lowest BCUT2D eigenvalue weighted by Gasteiger charge is -2.49. The third-order valence-electron chi connectivity index (χ3n) is 5.02. The Kier molecular flexibility index (Phi) is 2.94. The molecule has 3 heteroatoms. The predicted octanol–water partition coefficient (Wildman–Crippen LogP) is 1.38. The molecular weight excluding hydrogens is 200 g/mol. The van der Waals surface area contributed by atoms with Gasteiger partial charge in [-0.3, -0.25) is 4.90 Å². The van der Waals surface area contributed by atoms with Crippen molar-refractivity contribution < 1.29 is 4.74 Å². The van der Waals surface area contributed by atoms with Crippen LogP contribution in [0.25, 0.3) is 0 Å². The van der Waals surface area contributed by atoms with Crippen LogP contribution in [-0.4, -0.2) is 49.3 Å². The van der Waals surface area contributed by atoms with Crippen molar-refractivity contribution in [3.63, 3.8) is 0 Å². The summed E-state index contributed by atoms with van der Waals surface area (Å²) in [5, 5.41) is 3.47. The van der Waals surface area contributed by atoms with Gasteiger partial charge in [0.1, 0.15) is 0 Å². The van der Waals surface area contributed by atoms with Gasteiger partial charge in [-0.2, -0.15) is 0 Å².